The minimum Gasteiger partial charge on any atom is -0.378 e. The smallest absolute Gasteiger partial charge is 0.102 e. The van der Waals surface area contributed by atoms with Gasteiger partial charge in [-0.2, -0.15) is 0 Å². The summed E-state index contributed by atoms with van der Waals surface area (Å²) >= 11 is 0. The van der Waals surface area contributed by atoms with Crippen LogP contribution in [0.2, 0.25) is 0 Å². The summed E-state index contributed by atoms with van der Waals surface area (Å²) in [5.74, 6) is 0. The highest BCUT2D eigenvalue weighted by Crippen LogP contribution is 2.26. The predicted molar refractivity (Wildman–Crippen MR) is 96.8 cm³/mol. The zero-order valence-corrected chi connectivity index (χ0v) is 13.8. The first-order valence-corrected chi connectivity index (χ1v) is 8.39. The molecule has 6 heteroatoms. The van der Waals surface area contributed by atoms with Crippen LogP contribution in [0.4, 0.5) is 5.69 Å². The number of fused-ring (bicyclic) bond motifs is 1. The van der Waals surface area contributed by atoms with Crippen LogP contribution in [-0.2, 0) is 4.74 Å². The van der Waals surface area contributed by atoms with Crippen LogP contribution in [-0.4, -0.2) is 44.2 Å². The molecule has 0 spiro atoms. The van der Waals surface area contributed by atoms with Gasteiger partial charge < -0.3 is 26.0 Å². The molecule has 4 rings (SSSR count). The fourth-order valence-corrected chi connectivity index (χ4v) is 3.45. The summed E-state index contributed by atoms with van der Waals surface area (Å²) in [6.45, 7) is 5.64. The Morgan fingerprint density at radius 1 is 1.29 bits per heavy atom. The highest BCUT2D eigenvalue weighted by molar-refractivity contribution is 6.07. The molecule has 1 saturated heterocycles. The first kappa shape index (κ1) is 15.2. The van der Waals surface area contributed by atoms with E-state index in [9.17, 15) is 0 Å². The Balaban J connectivity index is 1.62. The molecule has 2 atom stereocenters. The van der Waals surface area contributed by atoms with Crippen molar-refractivity contribution < 1.29 is 4.74 Å². The number of nitrogens with zero attached hydrogens (tertiary/aromatic N) is 2. The van der Waals surface area contributed by atoms with E-state index in [0.29, 0.717) is 0 Å². The first-order chi connectivity index (χ1) is 11.7. The van der Waals surface area contributed by atoms with Gasteiger partial charge in [0.15, 0.2) is 0 Å². The Morgan fingerprint density at radius 3 is 2.92 bits per heavy atom. The Labute approximate surface area is 142 Å². The average Bonchev–Trinajstić information content (AvgIpc) is 2.62. The van der Waals surface area contributed by atoms with Crippen molar-refractivity contribution in [1.29, 1.82) is 0 Å². The molecule has 3 heterocycles. The Hall–Kier alpha value is -2.31. The molecule has 0 amide bonds. The van der Waals surface area contributed by atoms with Gasteiger partial charge in [-0.25, -0.2) is 0 Å². The van der Waals surface area contributed by atoms with Gasteiger partial charge in [0.1, 0.15) is 12.2 Å². The van der Waals surface area contributed by atoms with Crippen molar-refractivity contribution in [3.05, 3.63) is 47.8 Å². The summed E-state index contributed by atoms with van der Waals surface area (Å²) in [6.07, 6.45) is 5.47. The van der Waals surface area contributed by atoms with Crippen LogP contribution < -0.4 is 21.3 Å². The van der Waals surface area contributed by atoms with Crippen molar-refractivity contribution in [2.75, 3.05) is 31.2 Å². The lowest BCUT2D eigenvalue weighted by Gasteiger charge is -2.33. The standard InChI is InChI=1S/C18H23N5O/c1-12-10-13(2-3-16(12)23-6-8-24-9-7-23)14-11-15-17(18(19)22-14)21-5-4-20-15/h2-5,10-11,17-18,21-22H,6-9,19H2,1H3. The van der Waals surface area contributed by atoms with Crippen LogP contribution in [0.15, 0.2) is 41.7 Å². The van der Waals surface area contributed by atoms with Crippen LogP contribution in [0.1, 0.15) is 11.1 Å². The molecule has 0 aromatic heterocycles. The van der Waals surface area contributed by atoms with E-state index in [4.69, 9.17) is 10.5 Å². The second-order valence-corrected chi connectivity index (χ2v) is 6.34. The molecule has 3 aliphatic rings. The number of hydrogen-bond donors (Lipinski definition) is 3. The van der Waals surface area contributed by atoms with Gasteiger partial charge >= 0.3 is 0 Å². The van der Waals surface area contributed by atoms with Gasteiger partial charge in [-0.3, -0.25) is 4.99 Å². The van der Waals surface area contributed by atoms with E-state index in [2.05, 4.69) is 51.7 Å². The van der Waals surface area contributed by atoms with Gasteiger partial charge in [-0.1, -0.05) is 6.07 Å². The zero-order valence-electron chi connectivity index (χ0n) is 13.8. The molecular weight excluding hydrogens is 302 g/mol. The van der Waals surface area contributed by atoms with Crippen molar-refractivity contribution in [2.24, 2.45) is 10.7 Å². The highest BCUT2D eigenvalue weighted by atomic mass is 16.5. The number of nitrogens with one attached hydrogen (secondary N) is 2. The lowest BCUT2D eigenvalue weighted by atomic mass is 9.97. The third-order valence-corrected chi connectivity index (χ3v) is 4.73. The molecule has 0 radical (unpaired) electrons. The molecule has 6 nitrogen and oxygen atoms in total. The van der Waals surface area contributed by atoms with Crippen LogP contribution in [0.3, 0.4) is 0 Å². The quantitative estimate of drug-likeness (QED) is 0.755. The van der Waals surface area contributed by atoms with Crippen molar-refractivity contribution in [3.8, 4) is 0 Å². The Bertz CT molecular complexity index is 718. The lowest BCUT2D eigenvalue weighted by Crippen LogP contribution is -2.58. The van der Waals surface area contributed by atoms with Gasteiger partial charge in [0.05, 0.1) is 18.9 Å². The Kier molecular flexibility index (Phi) is 4.00. The second kappa shape index (κ2) is 6.30. The maximum atomic E-state index is 6.25. The predicted octanol–water partition coefficient (Wildman–Crippen LogP) is 0.945. The minimum absolute atomic E-state index is 0.0208. The normalized spacial score (nSPS) is 26.0. The molecule has 4 N–H and O–H groups in total. The van der Waals surface area contributed by atoms with E-state index in [-0.39, 0.29) is 12.2 Å². The molecular formula is C18H23N5O. The van der Waals surface area contributed by atoms with E-state index in [1.165, 1.54) is 11.3 Å². The topological polar surface area (TPSA) is 74.9 Å². The molecule has 0 saturated carbocycles. The van der Waals surface area contributed by atoms with Gasteiger partial charge in [-0.05, 0) is 36.3 Å². The average molecular weight is 325 g/mol. The van der Waals surface area contributed by atoms with E-state index < -0.39 is 0 Å². The van der Waals surface area contributed by atoms with E-state index in [1.807, 2.05) is 6.20 Å². The molecule has 3 aliphatic heterocycles. The molecule has 0 aliphatic carbocycles. The molecule has 1 aromatic rings. The van der Waals surface area contributed by atoms with E-state index >= 15 is 0 Å². The van der Waals surface area contributed by atoms with Crippen LogP contribution in [0.25, 0.3) is 5.70 Å². The largest absolute Gasteiger partial charge is 0.378 e. The summed E-state index contributed by atoms with van der Waals surface area (Å²) in [6, 6.07) is 6.57. The number of aliphatic imine (C=N–C) groups is 1. The molecule has 2 unspecified atom stereocenters. The maximum Gasteiger partial charge on any atom is 0.102 e. The molecule has 1 fully saturated rings. The Morgan fingerprint density at radius 2 is 2.12 bits per heavy atom. The van der Waals surface area contributed by atoms with Crippen LogP contribution in [0, 0.1) is 6.92 Å². The van der Waals surface area contributed by atoms with Gasteiger partial charge in [0.25, 0.3) is 0 Å². The van der Waals surface area contributed by atoms with Gasteiger partial charge in [0, 0.05) is 36.9 Å². The highest BCUT2D eigenvalue weighted by Gasteiger charge is 2.28. The third kappa shape index (κ3) is 2.79. The maximum absolute atomic E-state index is 6.25. The number of anilines is 1. The number of benzene rings is 1. The number of hydrogen-bond acceptors (Lipinski definition) is 6. The molecule has 126 valence electrons. The van der Waals surface area contributed by atoms with Crippen LogP contribution in [0.5, 0.6) is 0 Å². The van der Waals surface area contributed by atoms with Crippen molar-refractivity contribution in [3.63, 3.8) is 0 Å². The summed E-state index contributed by atoms with van der Waals surface area (Å²) in [5.41, 5.74) is 11.9. The van der Waals surface area contributed by atoms with Crippen molar-refractivity contribution in [1.82, 2.24) is 10.6 Å². The van der Waals surface area contributed by atoms with E-state index in [1.54, 1.807) is 6.20 Å². The number of rotatable bonds is 2. The summed E-state index contributed by atoms with van der Waals surface area (Å²) in [7, 11) is 0. The zero-order chi connectivity index (χ0) is 16.5. The first-order valence-electron chi connectivity index (χ1n) is 8.39. The fraction of sp³-hybridized carbons (Fsp3) is 0.389. The SMILES string of the molecule is Cc1cc(C2=CC3=NC=CNC3C(N)N2)ccc1N1CCOCC1. The van der Waals surface area contributed by atoms with Crippen molar-refractivity contribution >= 4 is 17.1 Å². The monoisotopic (exact) mass is 325 g/mol. The number of aryl methyl sites for hydroxylation is 1. The number of nitrogens with two attached hydrogens (primary N) is 1. The summed E-state index contributed by atoms with van der Waals surface area (Å²) in [5, 5.41) is 6.63. The minimum atomic E-state index is -0.201. The number of ether oxygens (including phenoxy) is 1. The fourth-order valence-electron chi connectivity index (χ4n) is 3.45. The van der Waals surface area contributed by atoms with Gasteiger partial charge in [-0.15, -0.1) is 0 Å². The third-order valence-electron chi connectivity index (χ3n) is 4.73. The summed E-state index contributed by atoms with van der Waals surface area (Å²) in [4.78, 5) is 6.83. The second-order valence-electron chi connectivity index (χ2n) is 6.34. The molecule has 0 bridgehead atoms. The van der Waals surface area contributed by atoms with E-state index in [0.717, 1.165) is 43.3 Å². The summed E-state index contributed by atoms with van der Waals surface area (Å²) < 4.78 is 5.44. The molecule has 1 aromatic carbocycles. The molecule has 24 heavy (non-hydrogen) atoms. The van der Waals surface area contributed by atoms with Gasteiger partial charge in [0.2, 0.25) is 0 Å². The number of morpholine rings is 1. The lowest BCUT2D eigenvalue weighted by molar-refractivity contribution is 0.122. The van der Waals surface area contributed by atoms with Crippen LogP contribution >= 0.6 is 0 Å². The van der Waals surface area contributed by atoms with Crippen molar-refractivity contribution in [2.45, 2.75) is 19.1 Å².